The number of rotatable bonds is 9. The van der Waals surface area contributed by atoms with Crippen LogP contribution in [-0.4, -0.2) is 25.2 Å². The van der Waals surface area contributed by atoms with E-state index in [1.54, 1.807) is 6.92 Å². The van der Waals surface area contributed by atoms with Gasteiger partial charge in [0, 0.05) is 0 Å². The van der Waals surface area contributed by atoms with Gasteiger partial charge in [0.25, 0.3) is 5.91 Å². The predicted molar refractivity (Wildman–Crippen MR) is 107 cm³/mol. The van der Waals surface area contributed by atoms with Gasteiger partial charge < -0.3 is 19.5 Å². The molecule has 0 saturated heterocycles. The van der Waals surface area contributed by atoms with Crippen molar-refractivity contribution in [3.05, 3.63) is 53.6 Å². The van der Waals surface area contributed by atoms with E-state index >= 15 is 0 Å². The van der Waals surface area contributed by atoms with Gasteiger partial charge in [-0.05, 0) is 63.9 Å². The van der Waals surface area contributed by atoms with Crippen molar-refractivity contribution in [2.24, 2.45) is 0 Å². The Labute approximate surface area is 161 Å². The van der Waals surface area contributed by atoms with E-state index in [1.165, 1.54) is 0 Å². The minimum Gasteiger partial charge on any atom is -0.490 e. The van der Waals surface area contributed by atoms with Crippen molar-refractivity contribution in [3.63, 3.8) is 0 Å². The zero-order chi connectivity index (χ0) is 19.8. The first-order valence-corrected chi connectivity index (χ1v) is 9.38. The van der Waals surface area contributed by atoms with Gasteiger partial charge in [-0.2, -0.15) is 0 Å². The van der Waals surface area contributed by atoms with Crippen LogP contribution in [0.15, 0.2) is 42.5 Å². The van der Waals surface area contributed by atoms with E-state index in [1.807, 2.05) is 70.2 Å². The number of hydrogen-bond acceptors (Lipinski definition) is 4. The lowest BCUT2D eigenvalue weighted by atomic mass is 10.1. The summed E-state index contributed by atoms with van der Waals surface area (Å²) in [6.07, 6.45) is -0.595. The highest BCUT2D eigenvalue weighted by Gasteiger charge is 2.19. The fourth-order valence-corrected chi connectivity index (χ4v) is 2.68. The van der Waals surface area contributed by atoms with E-state index in [4.69, 9.17) is 14.2 Å². The Morgan fingerprint density at radius 1 is 0.963 bits per heavy atom. The molecule has 0 bridgehead atoms. The molecular formula is C22H29NO4. The van der Waals surface area contributed by atoms with E-state index in [0.29, 0.717) is 30.5 Å². The van der Waals surface area contributed by atoms with Crippen molar-refractivity contribution in [2.75, 3.05) is 13.2 Å². The van der Waals surface area contributed by atoms with E-state index < -0.39 is 6.10 Å². The average Bonchev–Trinajstić information content (AvgIpc) is 2.65. The van der Waals surface area contributed by atoms with Gasteiger partial charge in [-0.3, -0.25) is 4.79 Å². The van der Waals surface area contributed by atoms with Gasteiger partial charge in [-0.1, -0.05) is 24.3 Å². The van der Waals surface area contributed by atoms with Crippen LogP contribution in [0.5, 0.6) is 17.2 Å². The van der Waals surface area contributed by atoms with Crippen molar-refractivity contribution in [1.29, 1.82) is 0 Å². The Morgan fingerprint density at radius 3 is 2.30 bits per heavy atom. The normalized spacial score (nSPS) is 12.8. The first-order chi connectivity index (χ1) is 13.0. The molecule has 5 nitrogen and oxygen atoms in total. The van der Waals surface area contributed by atoms with Crippen molar-refractivity contribution in [3.8, 4) is 17.2 Å². The molecule has 0 unspecified atom stereocenters. The lowest BCUT2D eigenvalue weighted by molar-refractivity contribution is -0.127. The van der Waals surface area contributed by atoms with E-state index in [-0.39, 0.29) is 11.9 Å². The van der Waals surface area contributed by atoms with Crippen LogP contribution in [0.2, 0.25) is 0 Å². The van der Waals surface area contributed by atoms with Crippen molar-refractivity contribution >= 4 is 5.91 Å². The molecule has 0 fully saturated rings. The second-order valence-electron chi connectivity index (χ2n) is 6.33. The molecule has 0 spiro atoms. The summed E-state index contributed by atoms with van der Waals surface area (Å²) in [6.45, 7) is 10.6. The van der Waals surface area contributed by atoms with E-state index in [0.717, 1.165) is 11.1 Å². The second-order valence-corrected chi connectivity index (χ2v) is 6.33. The number of amides is 1. The van der Waals surface area contributed by atoms with Crippen molar-refractivity contribution in [2.45, 2.75) is 46.8 Å². The Hall–Kier alpha value is -2.69. The summed E-state index contributed by atoms with van der Waals surface area (Å²) >= 11 is 0. The minimum atomic E-state index is -0.595. The van der Waals surface area contributed by atoms with Crippen LogP contribution in [0.1, 0.15) is 44.9 Å². The van der Waals surface area contributed by atoms with Crippen LogP contribution < -0.4 is 19.5 Å². The number of carbonyl (C=O) groups excluding carboxylic acids is 1. The standard InChI is InChI=1S/C22H29NO4/c1-6-25-20-13-12-18(14-21(20)26-7-2)16(4)23-22(24)17(5)27-19-11-9-8-10-15(19)3/h8-14,16-17H,6-7H2,1-5H3,(H,23,24)/t16-,17-/m1/s1. The molecule has 2 rings (SSSR count). The summed E-state index contributed by atoms with van der Waals surface area (Å²) in [5.41, 5.74) is 1.94. The quantitative estimate of drug-likeness (QED) is 0.708. The number of carbonyl (C=O) groups is 1. The zero-order valence-electron chi connectivity index (χ0n) is 16.7. The van der Waals surface area contributed by atoms with Crippen LogP contribution in [0.25, 0.3) is 0 Å². The highest BCUT2D eigenvalue weighted by molar-refractivity contribution is 5.81. The maximum Gasteiger partial charge on any atom is 0.261 e. The molecule has 2 atom stereocenters. The second kappa shape index (κ2) is 9.86. The van der Waals surface area contributed by atoms with Gasteiger partial charge in [0.2, 0.25) is 0 Å². The summed E-state index contributed by atoms with van der Waals surface area (Å²) in [5, 5.41) is 3.00. The number of aryl methyl sites for hydroxylation is 1. The first kappa shape index (κ1) is 20.6. The molecule has 0 aromatic heterocycles. The van der Waals surface area contributed by atoms with Gasteiger partial charge in [0.15, 0.2) is 17.6 Å². The fourth-order valence-electron chi connectivity index (χ4n) is 2.68. The lowest BCUT2D eigenvalue weighted by Crippen LogP contribution is -2.37. The van der Waals surface area contributed by atoms with E-state index in [2.05, 4.69) is 5.32 Å². The number of para-hydroxylation sites is 1. The minimum absolute atomic E-state index is 0.169. The van der Waals surface area contributed by atoms with Gasteiger partial charge in [0.1, 0.15) is 5.75 Å². The maximum atomic E-state index is 12.5. The third kappa shape index (κ3) is 5.64. The lowest BCUT2D eigenvalue weighted by Gasteiger charge is -2.21. The molecule has 146 valence electrons. The van der Waals surface area contributed by atoms with Crippen molar-refractivity contribution < 1.29 is 19.0 Å². The molecule has 2 aromatic carbocycles. The Kier molecular flexibility index (Phi) is 7.53. The molecule has 0 aliphatic rings. The molecule has 0 saturated carbocycles. The molecular weight excluding hydrogens is 342 g/mol. The largest absolute Gasteiger partial charge is 0.490 e. The third-order valence-corrected chi connectivity index (χ3v) is 4.19. The fraction of sp³-hybridized carbons (Fsp3) is 0.409. The molecule has 5 heteroatoms. The number of benzene rings is 2. The van der Waals surface area contributed by atoms with Crippen LogP contribution >= 0.6 is 0 Å². The highest BCUT2D eigenvalue weighted by Crippen LogP contribution is 2.30. The Bertz CT molecular complexity index is 760. The van der Waals surface area contributed by atoms with Gasteiger partial charge in [-0.25, -0.2) is 0 Å². The topological polar surface area (TPSA) is 56.8 Å². The van der Waals surface area contributed by atoms with Crippen LogP contribution in [0, 0.1) is 6.92 Å². The summed E-state index contributed by atoms with van der Waals surface area (Å²) < 4.78 is 17.1. The summed E-state index contributed by atoms with van der Waals surface area (Å²) in [4.78, 5) is 12.5. The highest BCUT2D eigenvalue weighted by atomic mass is 16.5. The molecule has 1 amide bonds. The molecule has 0 radical (unpaired) electrons. The molecule has 1 N–H and O–H groups in total. The number of hydrogen-bond donors (Lipinski definition) is 1. The smallest absolute Gasteiger partial charge is 0.261 e. The third-order valence-electron chi connectivity index (χ3n) is 4.19. The molecule has 2 aromatic rings. The predicted octanol–water partition coefficient (Wildman–Crippen LogP) is 4.44. The maximum absolute atomic E-state index is 12.5. The van der Waals surface area contributed by atoms with Gasteiger partial charge >= 0.3 is 0 Å². The summed E-state index contributed by atoms with van der Waals surface area (Å²) in [6, 6.07) is 13.2. The SMILES string of the molecule is CCOc1ccc([C@@H](C)NC(=O)[C@@H](C)Oc2ccccc2C)cc1OCC. The summed E-state index contributed by atoms with van der Waals surface area (Å²) in [5.74, 6) is 1.94. The van der Waals surface area contributed by atoms with E-state index in [9.17, 15) is 4.79 Å². The molecule has 27 heavy (non-hydrogen) atoms. The Balaban J connectivity index is 2.04. The first-order valence-electron chi connectivity index (χ1n) is 9.38. The van der Waals surface area contributed by atoms with Crippen LogP contribution in [0.3, 0.4) is 0 Å². The summed E-state index contributed by atoms with van der Waals surface area (Å²) in [7, 11) is 0. The zero-order valence-corrected chi connectivity index (χ0v) is 16.7. The molecule has 0 heterocycles. The van der Waals surface area contributed by atoms with Gasteiger partial charge in [0.05, 0.1) is 19.3 Å². The number of nitrogens with one attached hydrogen (secondary N) is 1. The van der Waals surface area contributed by atoms with Gasteiger partial charge in [-0.15, -0.1) is 0 Å². The molecule has 0 aliphatic heterocycles. The van der Waals surface area contributed by atoms with Crippen LogP contribution in [-0.2, 0) is 4.79 Å². The van der Waals surface area contributed by atoms with Crippen LogP contribution in [0.4, 0.5) is 0 Å². The van der Waals surface area contributed by atoms with Crippen molar-refractivity contribution in [1.82, 2.24) is 5.32 Å². The monoisotopic (exact) mass is 371 g/mol. The molecule has 0 aliphatic carbocycles. The average molecular weight is 371 g/mol. The number of ether oxygens (including phenoxy) is 3. The Morgan fingerprint density at radius 2 is 1.63 bits per heavy atom.